The van der Waals surface area contributed by atoms with Crippen LogP contribution in [-0.2, 0) is 0 Å². The first kappa shape index (κ1) is 5.90. The standard InChI is InChI=1S/C5H6N6/c6-3-2-4(9-1-8-2)11-5(7)10-3/h1H,(H,8,9)(H4,6,7,10)/q+1. The molecule has 55 valence electrons. The van der Waals surface area contributed by atoms with Crippen molar-refractivity contribution >= 4 is 17.6 Å². The fourth-order valence-electron chi connectivity index (χ4n) is 0.873. The molecule has 0 amide bonds. The lowest BCUT2D eigenvalue weighted by Gasteiger charge is -1.95. The largest absolute Gasteiger partial charge is 0.378 e. The number of hydrogen-bond donors (Lipinski definition) is 3. The van der Waals surface area contributed by atoms with Gasteiger partial charge in [0.05, 0.1) is 0 Å². The monoisotopic (exact) mass is 150 g/mol. The van der Waals surface area contributed by atoms with Crippen molar-refractivity contribution in [3.63, 3.8) is 0 Å². The highest BCUT2D eigenvalue weighted by atomic mass is 15.2. The lowest BCUT2D eigenvalue weighted by Crippen LogP contribution is -2.27. The number of imidazole rings is 1. The normalized spacial score (nSPS) is 15.3. The van der Waals surface area contributed by atoms with Crippen LogP contribution < -0.4 is 16.5 Å². The molecule has 1 radical (unpaired) electrons. The number of hydrogen-bond acceptors (Lipinski definition) is 5. The van der Waals surface area contributed by atoms with Crippen LogP contribution in [0.2, 0.25) is 0 Å². The first-order valence-electron chi connectivity index (χ1n) is 2.99. The minimum absolute atomic E-state index is 0.141. The summed E-state index contributed by atoms with van der Waals surface area (Å²) in [4.78, 5) is 14.3. The van der Waals surface area contributed by atoms with Gasteiger partial charge in [-0.15, -0.1) is 4.98 Å². The van der Waals surface area contributed by atoms with Crippen molar-refractivity contribution in [2.45, 2.75) is 0 Å². The Balaban J connectivity index is 2.66. The summed E-state index contributed by atoms with van der Waals surface area (Å²) in [5.41, 5.74) is 11.5. The molecular weight excluding hydrogens is 144 g/mol. The molecule has 0 aromatic carbocycles. The van der Waals surface area contributed by atoms with Crippen LogP contribution in [-0.4, -0.2) is 21.8 Å². The summed E-state index contributed by atoms with van der Waals surface area (Å²) >= 11 is 0. The second-order valence-corrected chi connectivity index (χ2v) is 2.07. The average Bonchev–Trinajstić information content (AvgIpc) is 2.34. The van der Waals surface area contributed by atoms with E-state index in [-0.39, 0.29) is 5.96 Å². The molecule has 0 atom stereocenters. The van der Waals surface area contributed by atoms with Crippen LogP contribution in [0.5, 0.6) is 0 Å². The average molecular weight is 150 g/mol. The van der Waals surface area contributed by atoms with Crippen molar-refractivity contribution in [3.8, 4) is 0 Å². The second kappa shape index (κ2) is 1.82. The van der Waals surface area contributed by atoms with Gasteiger partial charge in [-0.2, -0.15) is 0 Å². The van der Waals surface area contributed by atoms with E-state index in [0.717, 1.165) is 0 Å². The van der Waals surface area contributed by atoms with Gasteiger partial charge in [-0.05, 0) is 0 Å². The number of guanidine groups is 1. The SMILES string of the molecule is NC1=NC(N)=[N+]c2nc[nH]c21. The number of nitrogens with zero attached hydrogens (tertiary/aromatic N) is 3. The second-order valence-electron chi connectivity index (χ2n) is 2.07. The zero-order valence-electron chi connectivity index (χ0n) is 5.57. The molecule has 0 unspecified atom stereocenters. The number of amidine groups is 1. The van der Waals surface area contributed by atoms with Crippen LogP contribution in [0, 0.1) is 0 Å². The van der Waals surface area contributed by atoms with E-state index in [2.05, 4.69) is 20.0 Å². The summed E-state index contributed by atoms with van der Waals surface area (Å²) in [6.45, 7) is 0. The Morgan fingerprint density at radius 1 is 1.45 bits per heavy atom. The van der Waals surface area contributed by atoms with Gasteiger partial charge in [-0.1, -0.05) is 9.98 Å². The van der Waals surface area contributed by atoms with Crippen LogP contribution in [0.1, 0.15) is 5.69 Å². The third-order valence-corrected chi connectivity index (χ3v) is 1.33. The molecule has 6 nitrogen and oxygen atoms in total. The van der Waals surface area contributed by atoms with Gasteiger partial charge in [0.1, 0.15) is 0 Å². The maximum absolute atomic E-state index is 5.50. The summed E-state index contributed by atoms with van der Waals surface area (Å²) in [6.07, 6.45) is 1.50. The highest BCUT2D eigenvalue weighted by Crippen LogP contribution is 2.09. The molecule has 1 aromatic rings. The summed E-state index contributed by atoms with van der Waals surface area (Å²) in [7, 11) is 0. The number of rotatable bonds is 0. The van der Waals surface area contributed by atoms with E-state index in [1.807, 2.05) is 0 Å². The number of aliphatic imine (C=N–C) groups is 2. The molecular formula is C5H6N6+. The van der Waals surface area contributed by atoms with Crippen LogP contribution in [0.3, 0.4) is 0 Å². The number of aromatic amines is 1. The fourth-order valence-corrected chi connectivity index (χ4v) is 0.873. The van der Waals surface area contributed by atoms with E-state index in [4.69, 9.17) is 11.5 Å². The number of fused-ring (bicyclic) bond motifs is 1. The smallest absolute Gasteiger partial charge is 0.371 e. The topological polar surface area (TPSA) is 107 Å². The zero-order valence-corrected chi connectivity index (χ0v) is 5.57. The van der Waals surface area contributed by atoms with Crippen LogP contribution in [0.15, 0.2) is 11.3 Å². The summed E-state index contributed by atoms with van der Waals surface area (Å²) in [6, 6.07) is 0. The Morgan fingerprint density at radius 2 is 2.27 bits per heavy atom. The van der Waals surface area contributed by atoms with E-state index in [1.165, 1.54) is 6.33 Å². The first-order valence-corrected chi connectivity index (χ1v) is 2.99. The lowest BCUT2D eigenvalue weighted by molar-refractivity contribution is 1.19. The Hall–Kier alpha value is -1.85. The molecule has 1 aliphatic rings. The first-order chi connectivity index (χ1) is 5.27. The molecule has 0 saturated carbocycles. The predicted molar refractivity (Wildman–Crippen MR) is 40.3 cm³/mol. The summed E-state index contributed by atoms with van der Waals surface area (Å²) in [5.74, 6) is 0.960. The molecule has 6 heteroatoms. The lowest BCUT2D eigenvalue weighted by atomic mass is 10.4. The van der Waals surface area contributed by atoms with Crippen molar-refractivity contribution in [3.05, 3.63) is 12.0 Å². The van der Waals surface area contributed by atoms with Gasteiger partial charge >= 0.3 is 5.96 Å². The summed E-state index contributed by atoms with van der Waals surface area (Å²) in [5, 5.41) is 0. The molecule has 5 N–H and O–H groups in total. The van der Waals surface area contributed by atoms with Crippen LogP contribution in [0.4, 0.5) is 5.82 Å². The van der Waals surface area contributed by atoms with Crippen molar-refractivity contribution in [2.75, 3.05) is 0 Å². The van der Waals surface area contributed by atoms with E-state index < -0.39 is 0 Å². The van der Waals surface area contributed by atoms with E-state index in [9.17, 15) is 0 Å². The molecule has 2 heterocycles. The molecule has 0 aliphatic carbocycles. The van der Waals surface area contributed by atoms with Gasteiger partial charge in [-0.3, -0.25) is 0 Å². The molecule has 0 fully saturated rings. The quantitative estimate of drug-likeness (QED) is 0.415. The third kappa shape index (κ3) is 0.759. The Bertz CT molecular complexity index is 346. The highest BCUT2D eigenvalue weighted by Gasteiger charge is 2.21. The number of nitrogens with two attached hydrogens (primary N) is 2. The van der Waals surface area contributed by atoms with Crippen LogP contribution in [0.25, 0.3) is 0 Å². The van der Waals surface area contributed by atoms with Gasteiger partial charge in [0, 0.05) is 0 Å². The van der Waals surface area contributed by atoms with E-state index in [1.54, 1.807) is 0 Å². The zero-order chi connectivity index (χ0) is 7.84. The highest BCUT2D eigenvalue weighted by molar-refractivity contribution is 6.08. The van der Waals surface area contributed by atoms with Crippen LogP contribution >= 0.6 is 0 Å². The van der Waals surface area contributed by atoms with Crippen molar-refractivity contribution in [2.24, 2.45) is 16.5 Å². The number of nitrogens with one attached hydrogen (secondary N) is 1. The predicted octanol–water partition coefficient (Wildman–Crippen LogP) is -1.59. The minimum atomic E-state index is 0.141. The van der Waals surface area contributed by atoms with Gasteiger partial charge in [0.15, 0.2) is 12.0 Å². The maximum atomic E-state index is 5.50. The van der Waals surface area contributed by atoms with E-state index in [0.29, 0.717) is 17.3 Å². The summed E-state index contributed by atoms with van der Waals surface area (Å²) < 4.78 is 0. The molecule has 0 spiro atoms. The van der Waals surface area contributed by atoms with Crippen molar-refractivity contribution in [1.82, 2.24) is 15.0 Å². The Morgan fingerprint density at radius 3 is 3.09 bits per heavy atom. The molecule has 1 aliphatic heterocycles. The molecule has 0 bridgehead atoms. The molecule has 0 saturated heterocycles. The third-order valence-electron chi connectivity index (χ3n) is 1.33. The minimum Gasteiger partial charge on any atom is -0.371 e. The van der Waals surface area contributed by atoms with E-state index >= 15 is 0 Å². The van der Waals surface area contributed by atoms with Gasteiger partial charge in [-0.25, -0.2) is 0 Å². The molecule has 2 rings (SSSR count). The maximum Gasteiger partial charge on any atom is 0.378 e. The van der Waals surface area contributed by atoms with Crippen molar-refractivity contribution in [1.29, 1.82) is 0 Å². The Labute approximate surface area is 62.1 Å². The Kier molecular flexibility index (Phi) is 0.974. The molecule has 11 heavy (non-hydrogen) atoms. The fraction of sp³-hybridized carbons (Fsp3) is 0. The van der Waals surface area contributed by atoms with Crippen molar-refractivity contribution < 1.29 is 0 Å². The van der Waals surface area contributed by atoms with Gasteiger partial charge in [0.2, 0.25) is 5.84 Å². The molecule has 1 aromatic heterocycles. The number of H-pyrrole nitrogens is 1. The number of aromatic nitrogens is 2. The van der Waals surface area contributed by atoms with Gasteiger partial charge < -0.3 is 16.5 Å². The van der Waals surface area contributed by atoms with Gasteiger partial charge in [0.25, 0.3) is 5.82 Å².